The summed E-state index contributed by atoms with van der Waals surface area (Å²) in [4.78, 5) is 30.1. The number of nitro groups is 1. The molecule has 3 rings (SSSR count). The first-order chi connectivity index (χ1) is 13.0. The summed E-state index contributed by atoms with van der Waals surface area (Å²) in [6, 6.07) is 10.3. The van der Waals surface area contributed by atoms with E-state index in [1.807, 2.05) is 36.9 Å². The van der Waals surface area contributed by atoms with E-state index in [0.29, 0.717) is 17.8 Å². The van der Waals surface area contributed by atoms with E-state index in [2.05, 4.69) is 10.3 Å². The van der Waals surface area contributed by atoms with Crippen LogP contribution in [-0.4, -0.2) is 33.3 Å². The van der Waals surface area contributed by atoms with Gasteiger partial charge in [-0.2, -0.15) is 0 Å². The molecule has 1 fully saturated rings. The molecular formula is C20H24N4O3. The van der Waals surface area contributed by atoms with Gasteiger partial charge in [-0.1, -0.05) is 13.0 Å². The zero-order valence-corrected chi connectivity index (χ0v) is 15.6. The van der Waals surface area contributed by atoms with E-state index in [9.17, 15) is 14.9 Å². The molecule has 0 aliphatic heterocycles. The molecule has 0 spiro atoms. The fourth-order valence-corrected chi connectivity index (χ4v) is 3.12. The smallest absolute Gasteiger partial charge is 0.293 e. The van der Waals surface area contributed by atoms with Crippen molar-refractivity contribution >= 4 is 17.3 Å². The summed E-state index contributed by atoms with van der Waals surface area (Å²) in [5.41, 5.74) is 1.42. The van der Waals surface area contributed by atoms with Crippen LogP contribution in [0.4, 0.5) is 11.4 Å². The van der Waals surface area contributed by atoms with Crippen molar-refractivity contribution in [3.8, 4) is 0 Å². The quantitative estimate of drug-likeness (QED) is 0.558. The van der Waals surface area contributed by atoms with Crippen molar-refractivity contribution < 1.29 is 9.72 Å². The Kier molecular flexibility index (Phi) is 5.69. The highest BCUT2D eigenvalue weighted by Gasteiger charge is 2.33. The molecule has 1 heterocycles. The van der Waals surface area contributed by atoms with Crippen molar-refractivity contribution in [3.63, 3.8) is 0 Å². The van der Waals surface area contributed by atoms with Crippen molar-refractivity contribution in [3.05, 3.63) is 64.0 Å². The number of rotatable bonds is 8. The van der Waals surface area contributed by atoms with E-state index in [1.165, 1.54) is 6.07 Å². The maximum atomic E-state index is 12.8. The number of pyridine rings is 1. The van der Waals surface area contributed by atoms with E-state index in [4.69, 9.17) is 0 Å². The molecule has 27 heavy (non-hydrogen) atoms. The number of nitro benzene ring substituents is 1. The molecule has 7 nitrogen and oxygen atoms in total. The molecular weight excluding hydrogens is 344 g/mol. The summed E-state index contributed by atoms with van der Waals surface area (Å²) < 4.78 is 0. The minimum Gasteiger partial charge on any atom is -0.371 e. The SMILES string of the molecule is CCCN(C(=O)c1ccc(N[C@@H](C)c2ccccn2)c([N+](=O)[O-])c1)C1CC1. The number of benzene rings is 1. The minimum absolute atomic E-state index is 0.101. The van der Waals surface area contributed by atoms with Crippen molar-refractivity contribution in [1.29, 1.82) is 0 Å². The van der Waals surface area contributed by atoms with Crippen LogP contribution in [0.5, 0.6) is 0 Å². The van der Waals surface area contributed by atoms with Gasteiger partial charge in [0.2, 0.25) is 0 Å². The first-order valence-corrected chi connectivity index (χ1v) is 9.28. The maximum absolute atomic E-state index is 12.8. The second-order valence-corrected chi connectivity index (χ2v) is 6.84. The second-order valence-electron chi connectivity index (χ2n) is 6.84. The lowest BCUT2D eigenvalue weighted by atomic mass is 10.1. The van der Waals surface area contributed by atoms with Gasteiger partial charge >= 0.3 is 0 Å². The monoisotopic (exact) mass is 368 g/mol. The summed E-state index contributed by atoms with van der Waals surface area (Å²) >= 11 is 0. The van der Waals surface area contributed by atoms with E-state index < -0.39 is 4.92 Å². The number of anilines is 1. The lowest BCUT2D eigenvalue weighted by molar-refractivity contribution is -0.384. The molecule has 142 valence electrons. The topological polar surface area (TPSA) is 88.4 Å². The standard InChI is InChI=1S/C20H24N4O3/c1-3-12-23(16-8-9-16)20(25)15-7-10-18(19(13-15)24(26)27)22-14(2)17-6-4-5-11-21-17/h4-7,10-11,13-14,16,22H,3,8-9,12H2,1-2H3/t14-/m0/s1. The summed E-state index contributed by atoms with van der Waals surface area (Å²) in [6.45, 7) is 4.59. The van der Waals surface area contributed by atoms with Gasteiger partial charge < -0.3 is 10.2 Å². The Labute approximate surface area is 158 Å². The van der Waals surface area contributed by atoms with E-state index in [0.717, 1.165) is 25.0 Å². The molecule has 1 saturated carbocycles. The molecule has 0 unspecified atom stereocenters. The van der Waals surface area contributed by atoms with Gasteiger partial charge in [0, 0.05) is 30.4 Å². The average Bonchev–Trinajstić information content (AvgIpc) is 3.51. The number of nitrogens with zero attached hydrogens (tertiary/aromatic N) is 3. The van der Waals surface area contributed by atoms with Crippen LogP contribution in [0.1, 0.15) is 55.2 Å². The first-order valence-electron chi connectivity index (χ1n) is 9.28. The third kappa shape index (κ3) is 4.42. The Hall–Kier alpha value is -2.96. The number of hydrogen-bond acceptors (Lipinski definition) is 5. The molecule has 0 radical (unpaired) electrons. The number of aromatic nitrogens is 1. The Balaban J connectivity index is 1.84. The Morgan fingerprint density at radius 2 is 2.15 bits per heavy atom. The highest BCUT2D eigenvalue weighted by Crippen LogP contribution is 2.32. The number of nitrogens with one attached hydrogen (secondary N) is 1. The third-order valence-corrected chi connectivity index (χ3v) is 4.66. The number of amides is 1. The molecule has 7 heteroatoms. The van der Waals surface area contributed by atoms with Crippen LogP contribution < -0.4 is 5.32 Å². The molecule has 2 aromatic rings. The van der Waals surface area contributed by atoms with Crippen molar-refractivity contribution in [2.24, 2.45) is 0 Å². The van der Waals surface area contributed by atoms with Crippen LogP contribution in [0.15, 0.2) is 42.6 Å². The van der Waals surface area contributed by atoms with Crippen LogP contribution in [-0.2, 0) is 0 Å². The molecule has 0 saturated heterocycles. The molecule has 1 aliphatic carbocycles. The summed E-state index contributed by atoms with van der Waals surface area (Å²) in [6.07, 6.45) is 4.57. The van der Waals surface area contributed by atoms with Crippen LogP contribution in [0.3, 0.4) is 0 Å². The number of hydrogen-bond donors (Lipinski definition) is 1. The molecule has 0 bridgehead atoms. The maximum Gasteiger partial charge on any atom is 0.293 e. The molecule has 1 atom stereocenters. The fourth-order valence-electron chi connectivity index (χ4n) is 3.12. The second kappa shape index (κ2) is 8.16. The van der Waals surface area contributed by atoms with Crippen molar-refractivity contribution in [2.75, 3.05) is 11.9 Å². The summed E-state index contributed by atoms with van der Waals surface area (Å²) in [7, 11) is 0. The third-order valence-electron chi connectivity index (χ3n) is 4.66. The molecule has 1 aromatic heterocycles. The van der Waals surface area contributed by atoms with Crippen LogP contribution in [0.2, 0.25) is 0 Å². The van der Waals surface area contributed by atoms with Gasteiger partial charge in [-0.3, -0.25) is 19.9 Å². The molecule has 1 N–H and O–H groups in total. The van der Waals surface area contributed by atoms with E-state index in [1.54, 1.807) is 18.3 Å². The Morgan fingerprint density at radius 3 is 2.74 bits per heavy atom. The van der Waals surface area contributed by atoms with Crippen molar-refractivity contribution in [2.45, 2.75) is 45.2 Å². The van der Waals surface area contributed by atoms with E-state index >= 15 is 0 Å². The minimum atomic E-state index is -0.453. The molecule has 1 amide bonds. The predicted octanol–water partition coefficient (Wildman–Crippen LogP) is 4.18. The van der Waals surface area contributed by atoms with Crippen LogP contribution in [0, 0.1) is 10.1 Å². The van der Waals surface area contributed by atoms with Gasteiger partial charge in [-0.05, 0) is 50.5 Å². The normalized spacial score (nSPS) is 14.4. The van der Waals surface area contributed by atoms with Gasteiger partial charge in [0.05, 0.1) is 16.7 Å². The van der Waals surface area contributed by atoms with Crippen LogP contribution >= 0.6 is 0 Å². The predicted molar refractivity (Wildman–Crippen MR) is 104 cm³/mol. The zero-order valence-electron chi connectivity index (χ0n) is 15.6. The van der Waals surface area contributed by atoms with E-state index in [-0.39, 0.29) is 23.7 Å². The van der Waals surface area contributed by atoms with Crippen molar-refractivity contribution in [1.82, 2.24) is 9.88 Å². The highest BCUT2D eigenvalue weighted by molar-refractivity contribution is 5.96. The lowest BCUT2D eigenvalue weighted by Crippen LogP contribution is -2.33. The number of carbonyl (C=O) groups is 1. The van der Waals surface area contributed by atoms with Gasteiger partial charge in [-0.25, -0.2) is 0 Å². The highest BCUT2D eigenvalue weighted by atomic mass is 16.6. The Bertz CT molecular complexity index is 821. The molecule has 1 aromatic carbocycles. The van der Waals surface area contributed by atoms with Gasteiger partial charge in [0.1, 0.15) is 5.69 Å². The lowest BCUT2D eigenvalue weighted by Gasteiger charge is -2.22. The Morgan fingerprint density at radius 1 is 1.37 bits per heavy atom. The fraction of sp³-hybridized carbons (Fsp3) is 0.400. The number of carbonyl (C=O) groups excluding carboxylic acids is 1. The average molecular weight is 368 g/mol. The first kappa shape index (κ1) is 18.8. The van der Waals surface area contributed by atoms with Gasteiger partial charge in [0.15, 0.2) is 0 Å². The van der Waals surface area contributed by atoms with Crippen LogP contribution in [0.25, 0.3) is 0 Å². The zero-order chi connectivity index (χ0) is 19.4. The summed E-state index contributed by atoms with van der Waals surface area (Å²) in [5.74, 6) is -0.133. The summed E-state index contributed by atoms with van der Waals surface area (Å²) in [5, 5.41) is 14.7. The largest absolute Gasteiger partial charge is 0.371 e. The van der Waals surface area contributed by atoms with Gasteiger partial charge in [-0.15, -0.1) is 0 Å². The molecule has 1 aliphatic rings. The van der Waals surface area contributed by atoms with Gasteiger partial charge in [0.25, 0.3) is 11.6 Å².